The number of hydrogen-bond acceptors (Lipinski definition) is 3. The minimum Gasteiger partial charge on any atom is -0.408 e. The van der Waals surface area contributed by atoms with Gasteiger partial charge in [0, 0.05) is 7.05 Å². The molecule has 0 amide bonds. The highest BCUT2D eigenvalue weighted by Crippen LogP contribution is 2.01. The zero-order valence-corrected chi connectivity index (χ0v) is 4.94. The van der Waals surface area contributed by atoms with Crippen LogP contribution in [-0.2, 0) is 11.8 Å². The van der Waals surface area contributed by atoms with Crippen LogP contribution in [0.25, 0.3) is 0 Å². The molecule has 0 unspecified atom stereocenters. The number of rotatable bonds is 2. The molecule has 0 aromatic carbocycles. The first-order chi connectivity index (χ1) is 4.33. The lowest BCUT2D eigenvalue weighted by atomic mass is 10.8. The Morgan fingerprint density at radius 1 is 1.89 bits per heavy atom. The first-order valence-electron chi connectivity index (χ1n) is 2.41. The van der Waals surface area contributed by atoms with Crippen LogP contribution in [0.15, 0.2) is 12.5 Å². The highest BCUT2D eigenvalue weighted by molar-refractivity contribution is 5.42. The molecule has 1 aromatic rings. The van der Waals surface area contributed by atoms with Crippen molar-refractivity contribution in [1.82, 2.24) is 9.55 Å². The number of carbonyl (C=O) groups is 1. The zero-order chi connectivity index (χ0) is 6.69. The third-order valence-electron chi connectivity index (χ3n) is 0.850. The Bertz CT molecular complexity index is 206. The molecule has 0 aliphatic rings. The van der Waals surface area contributed by atoms with Gasteiger partial charge in [0.1, 0.15) is 0 Å². The lowest BCUT2D eigenvalue weighted by Gasteiger charge is -1.84. The summed E-state index contributed by atoms with van der Waals surface area (Å²) >= 11 is 0. The molecule has 1 rings (SSSR count). The van der Waals surface area contributed by atoms with Gasteiger partial charge in [0.25, 0.3) is 6.47 Å². The summed E-state index contributed by atoms with van der Waals surface area (Å²) in [6.07, 6.45) is 3.16. The molecule has 0 saturated heterocycles. The topological polar surface area (TPSA) is 44.1 Å². The highest BCUT2D eigenvalue weighted by atomic mass is 16.5. The van der Waals surface area contributed by atoms with Gasteiger partial charge < -0.3 is 9.30 Å². The Kier molecular flexibility index (Phi) is 1.48. The summed E-state index contributed by atoms with van der Waals surface area (Å²) in [4.78, 5) is 13.4. The van der Waals surface area contributed by atoms with Crippen molar-refractivity contribution in [1.29, 1.82) is 0 Å². The molecule has 0 N–H and O–H groups in total. The van der Waals surface area contributed by atoms with Crippen LogP contribution in [0.1, 0.15) is 0 Å². The summed E-state index contributed by atoms with van der Waals surface area (Å²) in [5, 5.41) is 0. The summed E-state index contributed by atoms with van der Waals surface area (Å²) in [6, 6.07) is 0. The van der Waals surface area contributed by atoms with Crippen molar-refractivity contribution in [3.05, 3.63) is 12.5 Å². The number of imidazole rings is 1. The summed E-state index contributed by atoms with van der Waals surface area (Å²) in [6.45, 7) is 0.350. The Labute approximate surface area is 52.1 Å². The predicted molar refractivity (Wildman–Crippen MR) is 29.9 cm³/mol. The van der Waals surface area contributed by atoms with Crippen LogP contribution in [0.4, 0.5) is 0 Å². The molecule has 1 aromatic heterocycles. The average Bonchev–Trinajstić information content (AvgIpc) is 2.17. The first-order valence-corrected chi connectivity index (χ1v) is 2.41. The fraction of sp³-hybridized carbons (Fsp3) is 0.200. The average molecular weight is 126 g/mol. The molecular weight excluding hydrogens is 120 g/mol. The van der Waals surface area contributed by atoms with Crippen LogP contribution in [0.2, 0.25) is 0 Å². The number of aryl methyl sites for hydroxylation is 1. The monoisotopic (exact) mass is 126 g/mol. The van der Waals surface area contributed by atoms with Crippen molar-refractivity contribution in [2.24, 2.45) is 7.05 Å². The Morgan fingerprint density at radius 3 is 3.11 bits per heavy atom. The van der Waals surface area contributed by atoms with E-state index in [1.54, 1.807) is 24.1 Å². The van der Waals surface area contributed by atoms with Gasteiger partial charge in [-0.3, -0.25) is 4.79 Å². The molecule has 4 nitrogen and oxygen atoms in total. The van der Waals surface area contributed by atoms with E-state index in [9.17, 15) is 4.79 Å². The molecular formula is C5H6N2O2. The van der Waals surface area contributed by atoms with Crippen molar-refractivity contribution in [3.8, 4) is 5.88 Å². The normalized spacial score (nSPS) is 9.00. The van der Waals surface area contributed by atoms with Crippen LogP contribution < -0.4 is 4.74 Å². The van der Waals surface area contributed by atoms with E-state index >= 15 is 0 Å². The molecule has 0 aliphatic carbocycles. The van der Waals surface area contributed by atoms with Crippen LogP contribution in [-0.4, -0.2) is 16.0 Å². The second kappa shape index (κ2) is 2.30. The molecule has 0 aliphatic heterocycles. The molecule has 4 heteroatoms. The molecule has 1 heterocycles. The van der Waals surface area contributed by atoms with Gasteiger partial charge >= 0.3 is 0 Å². The van der Waals surface area contributed by atoms with Crippen LogP contribution in [0.3, 0.4) is 0 Å². The van der Waals surface area contributed by atoms with E-state index in [-0.39, 0.29) is 0 Å². The van der Waals surface area contributed by atoms with E-state index in [4.69, 9.17) is 0 Å². The van der Waals surface area contributed by atoms with Gasteiger partial charge in [-0.25, -0.2) is 4.98 Å². The number of ether oxygens (including phenoxy) is 1. The Morgan fingerprint density at radius 2 is 2.67 bits per heavy atom. The maximum atomic E-state index is 9.71. The third kappa shape index (κ3) is 1.28. The molecule has 0 radical (unpaired) electrons. The Hall–Kier alpha value is -1.32. The second-order valence-corrected chi connectivity index (χ2v) is 1.59. The standard InChI is InChI=1S/C5H6N2O2/c1-7-2-5(6-3-7)9-4-8/h2-4H,1H3. The van der Waals surface area contributed by atoms with Gasteiger partial charge in [-0.15, -0.1) is 0 Å². The Balaban J connectivity index is 2.72. The largest absolute Gasteiger partial charge is 0.408 e. The van der Waals surface area contributed by atoms with E-state index in [2.05, 4.69) is 9.72 Å². The lowest BCUT2D eigenvalue weighted by molar-refractivity contribution is -0.120. The SMILES string of the molecule is Cn1cnc(OC=O)c1. The minimum atomic E-state index is 0.326. The summed E-state index contributed by atoms with van der Waals surface area (Å²) in [5.74, 6) is 0.326. The molecule has 0 fully saturated rings. The molecule has 0 atom stereocenters. The maximum Gasteiger partial charge on any atom is 0.299 e. The molecule has 9 heavy (non-hydrogen) atoms. The molecule has 48 valence electrons. The van der Waals surface area contributed by atoms with Gasteiger partial charge in [0.05, 0.1) is 12.5 Å². The number of hydrogen-bond donors (Lipinski definition) is 0. The number of aromatic nitrogens is 2. The lowest BCUT2D eigenvalue weighted by Crippen LogP contribution is -1.87. The highest BCUT2D eigenvalue weighted by Gasteiger charge is 1.92. The fourth-order valence-corrected chi connectivity index (χ4v) is 0.499. The second-order valence-electron chi connectivity index (χ2n) is 1.59. The first kappa shape index (κ1) is 5.81. The zero-order valence-electron chi connectivity index (χ0n) is 4.94. The quantitative estimate of drug-likeness (QED) is 0.522. The van der Waals surface area contributed by atoms with Gasteiger partial charge in [-0.1, -0.05) is 0 Å². The number of carbonyl (C=O) groups excluding carboxylic acids is 1. The van der Waals surface area contributed by atoms with E-state index < -0.39 is 0 Å². The molecule has 0 saturated carbocycles. The predicted octanol–water partition coefficient (Wildman–Crippen LogP) is -0.0447. The summed E-state index contributed by atoms with van der Waals surface area (Å²) in [7, 11) is 1.80. The van der Waals surface area contributed by atoms with Gasteiger partial charge in [-0.05, 0) is 0 Å². The van der Waals surface area contributed by atoms with E-state index in [0.29, 0.717) is 12.4 Å². The van der Waals surface area contributed by atoms with E-state index in [1.807, 2.05) is 0 Å². The smallest absolute Gasteiger partial charge is 0.299 e. The van der Waals surface area contributed by atoms with Crippen molar-refractivity contribution in [2.45, 2.75) is 0 Å². The fourth-order valence-electron chi connectivity index (χ4n) is 0.499. The van der Waals surface area contributed by atoms with Crippen molar-refractivity contribution in [2.75, 3.05) is 0 Å². The third-order valence-corrected chi connectivity index (χ3v) is 0.850. The van der Waals surface area contributed by atoms with Crippen LogP contribution >= 0.6 is 0 Å². The minimum absolute atomic E-state index is 0.326. The summed E-state index contributed by atoms with van der Waals surface area (Å²) < 4.78 is 6.11. The van der Waals surface area contributed by atoms with Crippen LogP contribution in [0, 0.1) is 0 Å². The maximum absolute atomic E-state index is 9.71. The van der Waals surface area contributed by atoms with Gasteiger partial charge in [0.15, 0.2) is 0 Å². The summed E-state index contributed by atoms with van der Waals surface area (Å²) in [5.41, 5.74) is 0. The van der Waals surface area contributed by atoms with E-state index in [0.717, 1.165) is 0 Å². The van der Waals surface area contributed by atoms with Crippen molar-refractivity contribution < 1.29 is 9.53 Å². The van der Waals surface area contributed by atoms with E-state index in [1.165, 1.54) is 0 Å². The van der Waals surface area contributed by atoms with Crippen LogP contribution in [0.5, 0.6) is 5.88 Å². The van der Waals surface area contributed by atoms with Crippen molar-refractivity contribution in [3.63, 3.8) is 0 Å². The van der Waals surface area contributed by atoms with Crippen molar-refractivity contribution >= 4 is 6.47 Å². The van der Waals surface area contributed by atoms with Gasteiger partial charge in [0.2, 0.25) is 5.88 Å². The van der Waals surface area contributed by atoms with Gasteiger partial charge in [-0.2, -0.15) is 0 Å². The number of nitrogens with zero attached hydrogens (tertiary/aromatic N) is 2. The molecule has 0 spiro atoms. The molecule has 0 bridgehead atoms.